The number of aliphatic hydroxyl groups is 1. The molecule has 1 aliphatic rings. The molecule has 0 aliphatic carbocycles. The summed E-state index contributed by atoms with van der Waals surface area (Å²) in [5.74, 6) is 0.139. The van der Waals surface area contributed by atoms with Crippen LogP contribution in [0.2, 0.25) is 0 Å². The molecule has 1 fully saturated rings. The minimum atomic E-state index is -0.412. The van der Waals surface area contributed by atoms with Gasteiger partial charge in [-0.3, -0.25) is 4.79 Å². The minimum absolute atomic E-state index is 0.0423. The van der Waals surface area contributed by atoms with Gasteiger partial charge >= 0.3 is 0 Å². The number of carbonyl (C=O) groups excluding carboxylic acids is 1. The molecule has 0 bridgehead atoms. The van der Waals surface area contributed by atoms with Crippen LogP contribution in [0.1, 0.15) is 26.2 Å². The van der Waals surface area contributed by atoms with Crippen LogP contribution in [0.4, 0.5) is 0 Å². The van der Waals surface area contributed by atoms with Crippen LogP contribution in [0.5, 0.6) is 0 Å². The van der Waals surface area contributed by atoms with Crippen LogP contribution in [-0.4, -0.2) is 48.2 Å². The van der Waals surface area contributed by atoms with E-state index < -0.39 is 6.10 Å². The molecule has 1 aliphatic heterocycles. The molecule has 2 atom stereocenters. The number of rotatable bonds is 4. The summed E-state index contributed by atoms with van der Waals surface area (Å²) in [5, 5.41) is 12.6. The Morgan fingerprint density at radius 3 is 2.79 bits per heavy atom. The fourth-order valence-electron chi connectivity index (χ4n) is 1.74. The van der Waals surface area contributed by atoms with Crippen molar-refractivity contribution in [3.63, 3.8) is 0 Å². The molecule has 14 heavy (non-hydrogen) atoms. The number of nitrogens with zero attached hydrogens (tertiary/aromatic N) is 1. The smallest absolute Gasteiger partial charge is 0.222 e. The van der Waals surface area contributed by atoms with Crippen molar-refractivity contribution in [1.29, 1.82) is 0 Å². The monoisotopic (exact) mass is 200 g/mol. The first-order valence-corrected chi connectivity index (χ1v) is 5.31. The summed E-state index contributed by atoms with van der Waals surface area (Å²) in [7, 11) is 1.78. The van der Waals surface area contributed by atoms with Gasteiger partial charge in [-0.05, 0) is 6.42 Å². The van der Waals surface area contributed by atoms with E-state index in [0.717, 1.165) is 12.8 Å². The van der Waals surface area contributed by atoms with Gasteiger partial charge in [0, 0.05) is 26.6 Å². The van der Waals surface area contributed by atoms with Crippen LogP contribution in [0.15, 0.2) is 0 Å². The Labute approximate surface area is 85.3 Å². The predicted octanol–water partition coefficient (Wildman–Crippen LogP) is -0.0323. The van der Waals surface area contributed by atoms with Gasteiger partial charge in [0.2, 0.25) is 5.91 Å². The van der Waals surface area contributed by atoms with E-state index in [1.807, 2.05) is 0 Å². The van der Waals surface area contributed by atoms with E-state index in [0.29, 0.717) is 19.5 Å². The average molecular weight is 200 g/mol. The highest BCUT2D eigenvalue weighted by Crippen LogP contribution is 2.09. The van der Waals surface area contributed by atoms with Crippen molar-refractivity contribution in [2.24, 2.45) is 0 Å². The fraction of sp³-hybridized carbons (Fsp3) is 0.900. The van der Waals surface area contributed by atoms with Crippen LogP contribution in [0, 0.1) is 0 Å². The molecular weight excluding hydrogens is 180 g/mol. The molecule has 0 radical (unpaired) electrons. The van der Waals surface area contributed by atoms with E-state index in [2.05, 4.69) is 12.2 Å². The topological polar surface area (TPSA) is 52.6 Å². The second-order valence-corrected chi connectivity index (χ2v) is 3.90. The predicted molar refractivity (Wildman–Crippen MR) is 55.0 cm³/mol. The summed E-state index contributed by atoms with van der Waals surface area (Å²) in [6, 6.07) is -0.0423. The molecule has 0 spiro atoms. The second kappa shape index (κ2) is 5.32. The molecule has 2 N–H and O–H groups in total. The molecule has 1 heterocycles. The van der Waals surface area contributed by atoms with Crippen molar-refractivity contribution < 1.29 is 9.90 Å². The maximum Gasteiger partial charge on any atom is 0.222 e. The SMILES string of the molecule is CCCCC(=O)N(C)C1CNCC1O. The van der Waals surface area contributed by atoms with Crippen LogP contribution in [-0.2, 0) is 4.79 Å². The van der Waals surface area contributed by atoms with E-state index >= 15 is 0 Å². The molecule has 0 aromatic rings. The maximum absolute atomic E-state index is 11.6. The standard InChI is InChI=1S/C10H20N2O2/c1-3-4-5-10(14)12(2)8-6-11-7-9(8)13/h8-9,11,13H,3-7H2,1-2H3. The number of carbonyl (C=O) groups is 1. The number of β-amino-alcohol motifs (C(OH)–C–C–N with tert-alkyl or cyclic N) is 1. The summed E-state index contributed by atoms with van der Waals surface area (Å²) < 4.78 is 0. The zero-order chi connectivity index (χ0) is 10.6. The Morgan fingerprint density at radius 2 is 2.29 bits per heavy atom. The van der Waals surface area contributed by atoms with Crippen molar-refractivity contribution in [3.05, 3.63) is 0 Å². The quantitative estimate of drug-likeness (QED) is 0.670. The number of hydrogen-bond acceptors (Lipinski definition) is 3. The van der Waals surface area contributed by atoms with Gasteiger partial charge in [0.1, 0.15) is 0 Å². The van der Waals surface area contributed by atoms with Crippen LogP contribution in [0.25, 0.3) is 0 Å². The largest absolute Gasteiger partial charge is 0.390 e. The minimum Gasteiger partial charge on any atom is -0.390 e. The number of hydrogen-bond donors (Lipinski definition) is 2. The molecule has 2 unspecified atom stereocenters. The van der Waals surface area contributed by atoms with E-state index in [1.54, 1.807) is 11.9 Å². The van der Waals surface area contributed by atoms with Gasteiger partial charge in [0.25, 0.3) is 0 Å². The lowest BCUT2D eigenvalue weighted by atomic mass is 10.1. The third kappa shape index (κ3) is 2.69. The molecule has 0 aromatic carbocycles. The molecule has 4 nitrogen and oxygen atoms in total. The average Bonchev–Trinajstić information content (AvgIpc) is 2.59. The normalized spacial score (nSPS) is 26.5. The highest BCUT2D eigenvalue weighted by molar-refractivity contribution is 5.76. The zero-order valence-electron chi connectivity index (χ0n) is 8.99. The second-order valence-electron chi connectivity index (χ2n) is 3.90. The van der Waals surface area contributed by atoms with E-state index in [-0.39, 0.29) is 11.9 Å². The summed E-state index contributed by atoms with van der Waals surface area (Å²) in [6.07, 6.45) is 2.14. The van der Waals surface area contributed by atoms with Gasteiger partial charge in [0.15, 0.2) is 0 Å². The highest BCUT2D eigenvalue weighted by atomic mass is 16.3. The van der Waals surface area contributed by atoms with Crippen LogP contribution in [0.3, 0.4) is 0 Å². The Hall–Kier alpha value is -0.610. The third-order valence-corrected chi connectivity index (χ3v) is 2.79. The number of aliphatic hydroxyl groups excluding tert-OH is 1. The van der Waals surface area contributed by atoms with Crippen LogP contribution < -0.4 is 5.32 Å². The van der Waals surface area contributed by atoms with Crippen molar-refractivity contribution in [2.75, 3.05) is 20.1 Å². The van der Waals surface area contributed by atoms with Crippen molar-refractivity contribution in [3.8, 4) is 0 Å². The summed E-state index contributed by atoms with van der Waals surface area (Å²) in [5.41, 5.74) is 0. The van der Waals surface area contributed by atoms with Gasteiger partial charge in [-0.2, -0.15) is 0 Å². The fourth-order valence-corrected chi connectivity index (χ4v) is 1.74. The lowest BCUT2D eigenvalue weighted by Crippen LogP contribution is -2.44. The molecular formula is C10H20N2O2. The maximum atomic E-state index is 11.6. The molecule has 0 aromatic heterocycles. The Balaban J connectivity index is 2.39. The number of nitrogens with one attached hydrogen (secondary N) is 1. The highest BCUT2D eigenvalue weighted by Gasteiger charge is 2.30. The Bertz CT molecular complexity index is 197. The Kier molecular flexibility index (Phi) is 4.35. The molecule has 82 valence electrons. The van der Waals surface area contributed by atoms with Gasteiger partial charge in [-0.15, -0.1) is 0 Å². The zero-order valence-corrected chi connectivity index (χ0v) is 8.99. The lowest BCUT2D eigenvalue weighted by Gasteiger charge is -2.26. The van der Waals surface area contributed by atoms with Crippen LogP contribution >= 0.6 is 0 Å². The summed E-state index contributed by atoms with van der Waals surface area (Å²) in [6.45, 7) is 3.37. The van der Waals surface area contributed by atoms with Gasteiger partial charge in [-0.25, -0.2) is 0 Å². The van der Waals surface area contributed by atoms with Gasteiger partial charge < -0.3 is 15.3 Å². The molecule has 1 amide bonds. The van der Waals surface area contributed by atoms with Crippen molar-refractivity contribution >= 4 is 5.91 Å². The first-order chi connectivity index (χ1) is 6.66. The molecule has 4 heteroatoms. The van der Waals surface area contributed by atoms with Gasteiger partial charge in [-0.1, -0.05) is 13.3 Å². The van der Waals surface area contributed by atoms with Gasteiger partial charge in [0.05, 0.1) is 12.1 Å². The molecule has 1 rings (SSSR count). The number of likely N-dealkylation sites (N-methyl/N-ethyl adjacent to an activating group) is 1. The van der Waals surface area contributed by atoms with E-state index in [4.69, 9.17) is 0 Å². The summed E-state index contributed by atoms with van der Waals surface area (Å²) in [4.78, 5) is 13.3. The third-order valence-electron chi connectivity index (χ3n) is 2.79. The van der Waals surface area contributed by atoms with Crippen molar-refractivity contribution in [1.82, 2.24) is 10.2 Å². The number of unbranched alkanes of at least 4 members (excludes halogenated alkanes) is 1. The van der Waals surface area contributed by atoms with E-state index in [1.165, 1.54) is 0 Å². The molecule has 0 saturated carbocycles. The summed E-state index contributed by atoms with van der Waals surface area (Å²) >= 11 is 0. The Morgan fingerprint density at radius 1 is 1.57 bits per heavy atom. The first-order valence-electron chi connectivity index (χ1n) is 5.31. The first kappa shape index (κ1) is 11.5. The van der Waals surface area contributed by atoms with E-state index in [9.17, 15) is 9.90 Å². The number of amides is 1. The van der Waals surface area contributed by atoms with Crippen molar-refractivity contribution in [2.45, 2.75) is 38.3 Å². The lowest BCUT2D eigenvalue weighted by molar-refractivity contribution is -0.133. The molecule has 1 saturated heterocycles.